The number of anilines is 2. The van der Waals surface area contributed by atoms with Gasteiger partial charge in [-0.25, -0.2) is 40.4 Å². The first kappa shape index (κ1) is 56.2. The van der Waals surface area contributed by atoms with E-state index in [2.05, 4.69) is 84.1 Å². The molecule has 0 unspecified atom stereocenters. The van der Waals surface area contributed by atoms with E-state index in [4.69, 9.17) is 33.0 Å². The van der Waals surface area contributed by atoms with Gasteiger partial charge in [0.1, 0.15) is 22.5 Å². The molecule has 7 N–H and O–H groups in total. The molecule has 0 aliphatic rings. The maximum atomic E-state index is 12.5. The number of para-hydroxylation sites is 2. The number of ether oxygens (including phenoxy) is 1. The van der Waals surface area contributed by atoms with E-state index in [-0.39, 0.29) is 42.2 Å². The van der Waals surface area contributed by atoms with Gasteiger partial charge in [0.2, 0.25) is 0 Å². The zero-order valence-corrected chi connectivity index (χ0v) is 41.1. The highest BCUT2D eigenvalue weighted by molar-refractivity contribution is 9.11. The Morgan fingerprint density at radius 2 is 1.08 bits per heavy atom. The van der Waals surface area contributed by atoms with E-state index in [0.29, 0.717) is 44.8 Å². The lowest BCUT2D eigenvalue weighted by Gasteiger charge is -2.13. The van der Waals surface area contributed by atoms with Crippen LogP contribution in [0, 0.1) is 0 Å². The van der Waals surface area contributed by atoms with Crippen molar-refractivity contribution >= 4 is 114 Å². The van der Waals surface area contributed by atoms with Crippen LogP contribution in [0.3, 0.4) is 0 Å². The Kier molecular flexibility index (Phi) is 30.9. The number of rotatable bonds is 17. The maximum Gasteiger partial charge on any atom is 0.342 e. The number of nitrogens with one attached hydrogen (secondary N) is 6. The molecule has 2 heterocycles. The van der Waals surface area contributed by atoms with Crippen molar-refractivity contribution in [2.45, 2.75) is 58.8 Å². The number of halogens is 4. The van der Waals surface area contributed by atoms with Crippen molar-refractivity contribution in [2.75, 3.05) is 56.1 Å². The second-order valence-corrected chi connectivity index (χ2v) is 14.1. The predicted molar refractivity (Wildman–Crippen MR) is 251 cm³/mol. The third kappa shape index (κ3) is 19.3. The van der Waals surface area contributed by atoms with Gasteiger partial charge >= 0.3 is 11.9 Å². The molecule has 0 aliphatic carbocycles. The third-order valence-electron chi connectivity index (χ3n) is 6.48. The van der Waals surface area contributed by atoms with Crippen molar-refractivity contribution in [3.05, 3.63) is 90.3 Å². The van der Waals surface area contributed by atoms with E-state index in [1.165, 1.54) is 29.7 Å². The van der Waals surface area contributed by atoms with Gasteiger partial charge in [-0.05, 0) is 75.6 Å². The molecule has 22 heteroatoms. The molecular formula is C38H52Br2Cl2N10O6S2. The summed E-state index contributed by atoms with van der Waals surface area (Å²) in [6.45, 7) is 15.2. The monoisotopic (exact) mass is 1040 g/mol. The second-order valence-electron chi connectivity index (χ2n) is 10.1. The average molecular weight is 1040 g/mol. The smallest absolute Gasteiger partial charge is 0.342 e. The molecule has 0 bridgehead atoms. The number of thioether (sulfide) groups is 2. The van der Waals surface area contributed by atoms with Crippen LogP contribution >= 0.6 is 78.6 Å². The van der Waals surface area contributed by atoms with E-state index in [0.717, 1.165) is 15.1 Å². The quantitative estimate of drug-likeness (QED) is 0.0173. The second kappa shape index (κ2) is 32.9. The summed E-state index contributed by atoms with van der Waals surface area (Å²) in [7, 11) is 0. The number of carboxylic acids is 1. The molecule has 0 aliphatic heterocycles. The number of aromatic carboxylic acids is 1. The SMILES string of the molecule is CC.CC.CC.CCOC(=O)c1cnc(SC)nc1C(=O)NCCNNc1c(Cl)cccc1Br.CSc1ncc(C(=O)O)c(C(=O)NCCNNc2c(Cl)cccc2Br)n1. The predicted octanol–water partition coefficient (Wildman–Crippen LogP) is 8.88. The minimum atomic E-state index is -1.26. The molecule has 0 saturated carbocycles. The fraction of sp³-hybridized carbons (Fsp3) is 0.368. The van der Waals surface area contributed by atoms with Gasteiger partial charge in [0, 0.05) is 47.5 Å². The highest BCUT2D eigenvalue weighted by Gasteiger charge is 2.22. The first-order chi connectivity index (χ1) is 28.9. The van der Waals surface area contributed by atoms with E-state index in [9.17, 15) is 19.2 Å². The minimum Gasteiger partial charge on any atom is -0.478 e. The number of hydrogen-bond donors (Lipinski definition) is 7. The summed E-state index contributed by atoms with van der Waals surface area (Å²) in [6, 6.07) is 10.8. The fourth-order valence-corrected chi connectivity index (χ4v) is 6.25. The lowest BCUT2D eigenvalue weighted by Crippen LogP contribution is -2.35. The van der Waals surface area contributed by atoms with Gasteiger partial charge < -0.3 is 31.3 Å². The van der Waals surface area contributed by atoms with E-state index in [1.54, 1.807) is 31.6 Å². The molecular weight excluding hydrogens is 987 g/mol. The van der Waals surface area contributed by atoms with Gasteiger partial charge in [-0.3, -0.25) is 9.59 Å². The maximum absolute atomic E-state index is 12.5. The zero-order valence-electron chi connectivity index (χ0n) is 34.8. The zero-order chi connectivity index (χ0) is 45.6. The molecule has 16 nitrogen and oxygen atoms in total. The molecule has 0 radical (unpaired) electrons. The number of amides is 2. The summed E-state index contributed by atoms with van der Waals surface area (Å²) in [5.41, 5.74) is 12.8. The summed E-state index contributed by atoms with van der Waals surface area (Å²) in [5, 5.41) is 16.3. The van der Waals surface area contributed by atoms with Crippen molar-refractivity contribution < 1.29 is 29.0 Å². The Hall–Kier alpha value is -3.76. The largest absolute Gasteiger partial charge is 0.478 e. The molecule has 0 atom stereocenters. The van der Waals surface area contributed by atoms with Crippen LogP contribution in [-0.4, -0.2) is 94.1 Å². The van der Waals surface area contributed by atoms with Crippen molar-refractivity contribution in [1.29, 1.82) is 0 Å². The minimum absolute atomic E-state index is 0.0143. The number of carbonyl (C=O) groups excluding carboxylic acids is 3. The molecule has 0 spiro atoms. The first-order valence-corrected chi connectivity index (χ1v) is 23.3. The van der Waals surface area contributed by atoms with E-state index < -0.39 is 23.8 Å². The number of hydrogen-bond acceptors (Lipinski definition) is 15. The standard InChI is InChI=1S/C17H19BrClN5O3S.C15H15BrClN5O3S.3C2H6/c1-3-27-16(26)10-9-21-17(28-2)23-13(10)15(25)20-7-8-22-24-14-11(18)5-4-6-12(14)19;1-26-15-19-7-8(14(24)25)11(21-15)13(23)18-5-6-20-22-12-9(16)3-2-4-10(12)17;3*1-2/h4-6,9,22,24H,3,7-8H2,1-2H3,(H,20,25);2-4,7,20,22H,5-6H2,1H3,(H,18,23)(H,24,25);3*1-2H3. The Bertz CT molecular complexity index is 1920. The molecule has 60 heavy (non-hydrogen) atoms. The van der Waals surface area contributed by atoms with Gasteiger partial charge in [-0.1, -0.05) is 100 Å². The lowest BCUT2D eigenvalue weighted by molar-refractivity contribution is 0.0520. The van der Waals surface area contributed by atoms with Crippen LogP contribution in [-0.2, 0) is 4.74 Å². The van der Waals surface area contributed by atoms with Crippen LogP contribution in [0.15, 0.2) is 68.1 Å². The Labute approximate surface area is 386 Å². The van der Waals surface area contributed by atoms with Crippen LogP contribution in [0.2, 0.25) is 10.0 Å². The number of benzene rings is 2. The summed E-state index contributed by atoms with van der Waals surface area (Å²) in [4.78, 5) is 64.0. The van der Waals surface area contributed by atoms with Crippen LogP contribution in [0.4, 0.5) is 11.4 Å². The third-order valence-corrected chi connectivity index (χ3v) is 9.55. The van der Waals surface area contributed by atoms with E-state index in [1.807, 2.05) is 65.8 Å². The molecule has 4 rings (SSSR count). The van der Waals surface area contributed by atoms with Gasteiger partial charge in [0.15, 0.2) is 10.3 Å². The summed E-state index contributed by atoms with van der Waals surface area (Å²) >= 11 is 21.5. The van der Waals surface area contributed by atoms with Gasteiger partial charge in [0.25, 0.3) is 11.8 Å². The topological polar surface area (TPSA) is 221 Å². The number of nitrogens with zero attached hydrogens (tertiary/aromatic N) is 4. The Morgan fingerprint density at radius 3 is 1.45 bits per heavy atom. The Morgan fingerprint density at radius 1 is 0.683 bits per heavy atom. The lowest BCUT2D eigenvalue weighted by atomic mass is 10.2. The normalized spacial score (nSPS) is 9.68. The highest BCUT2D eigenvalue weighted by atomic mass is 79.9. The van der Waals surface area contributed by atoms with Gasteiger partial charge in [-0.2, -0.15) is 0 Å². The number of carbonyl (C=O) groups is 4. The van der Waals surface area contributed by atoms with Crippen molar-refractivity contribution in [2.24, 2.45) is 0 Å². The fourth-order valence-electron chi connectivity index (χ4n) is 3.97. The molecule has 2 aromatic carbocycles. The molecule has 0 saturated heterocycles. The van der Waals surface area contributed by atoms with Gasteiger partial charge in [0.05, 0.1) is 28.0 Å². The van der Waals surface area contributed by atoms with Gasteiger partial charge in [-0.15, -0.1) is 0 Å². The number of carboxylic acid groups (broad SMARTS) is 1. The molecule has 330 valence electrons. The number of esters is 1. The van der Waals surface area contributed by atoms with Crippen molar-refractivity contribution in [1.82, 2.24) is 41.4 Å². The Balaban J connectivity index is 0.00000103. The first-order valence-electron chi connectivity index (χ1n) is 18.6. The average Bonchev–Trinajstić information content (AvgIpc) is 3.27. The van der Waals surface area contributed by atoms with Crippen molar-refractivity contribution in [3.63, 3.8) is 0 Å². The summed E-state index contributed by atoms with van der Waals surface area (Å²) < 4.78 is 6.56. The number of hydrazine groups is 2. The molecule has 0 fully saturated rings. The number of aromatic nitrogens is 4. The van der Waals surface area contributed by atoms with Crippen molar-refractivity contribution in [3.8, 4) is 0 Å². The van der Waals surface area contributed by atoms with E-state index >= 15 is 0 Å². The molecule has 2 amide bonds. The van der Waals surface area contributed by atoms with Crippen LogP contribution in [0.25, 0.3) is 0 Å². The summed E-state index contributed by atoms with van der Waals surface area (Å²) in [6.07, 6.45) is 5.95. The highest BCUT2D eigenvalue weighted by Crippen LogP contribution is 2.30. The van der Waals surface area contributed by atoms with Crippen LogP contribution in [0.1, 0.15) is 90.2 Å². The summed E-state index contributed by atoms with van der Waals surface area (Å²) in [5.74, 6) is -2.96. The van der Waals surface area contributed by atoms with Crippen LogP contribution < -0.4 is 32.3 Å². The van der Waals surface area contributed by atoms with Crippen LogP contribution in [0.5, 0.6) is 0 Å². The molecule has 2 aromatic heterocycles. The molecule has 4 aromatic rings.